The van der Waals surface area contributed by atoms with Crippen LogP contribution in [0.1, 0.15) is 46.8 Å². The summed E-state index contributed by atoms with van der Waals surface area (Å²) in [5.41, 5.74) is 5.62. The lowest BCUT2D eigenvalue weighted by Gasteiger charge is -2.07. The molecule has 40 heavy (non-hydrogen) atoms. The van der Waals surface area contributed by atoms with E-state index >= 15 is 0 Å². The number of ether oxygens (including phenoxy) is 1. The van der Waals surface area contributed by atoms with Gasteiger partial charge in [0.15, 0.2) is 24.0 Å². The highest BCUT2D eigenvalue weighted by Crippen LogP contribution is 2.27. The van der Waals surface area contributed by atoms with Gasteiger partial charge in [0.2, 0.25) is 5.88 Å². The molecule has 6 rings (SSSR count). The largest absolute Gasteiger partial charge is 0.464 e. The highest BCUT2D eigenvalue weighted by Gasteiger charge is 2.15. The van der Waals surface area contributed by atoms with Crippen molar-refractivity contribution < 1.29 is 9.53 Å². The first kappa shape index (κ1) is 25.0. The molecule has 0 saturated heterocycles. The van der Waals surface area contributed by atoms with Crippen LogP contribution in [0.4, 0.5) is 0 Å². The number of nitrogens with zero attached hydrogens (tertiary/aromatic N) is 3. The number of ketones is 1. The van der Waals surface area contributed by atoms with Gasteiger partial charge in [-0.15, -0.1) is 0 Å². The van der Waals surface area contributed by atoms with E-state index in [1.54, 1.807) is 6.07 Å². The molecule has 194 valence electrons. The molecule has 2 aromatic heterocycles. The molecular weight excluding hydrogens is 496 g/mol. The molecule has 6 aromatic rings. The van der Waals surface area contributed by atoms with Gasteiger partial charge in [-0.3, -0.25) is 4.79 Å². The minimum absolute atomic E-state index is 0.0479. The minimum Gasteiger partial charge on any atom is -0.464 e. The van der Waals surface area contributed by atoms with Crippen molar-refractivity contribution in [2.24, 2.45) is 0 Å². The molecule has 1 N–H and O–H groups in total. The Bertz CT molecular complexity index is 1900. The van der Waals surface area contributed by atoms with E-state index < -0.39 is 0 Å². The average Bonchev–Trinajstić information content (AvgIpc) is 3.43. The molecule has 0 bridgehead atoms. The second-order valence-corrected chi connectivity index (χ2v) is 9.75. The second-order valence-electron chi connectivity index (χ2n) is 9.75. The van der Waals surface area contributed by atoms with Gasteiger partial charge in [0, 0.05) is 16.7 Å². The van der Waals surface area contributed by atoms with Crippen LogP contribution in [0.25, 0.3) is 33.6 Å². The fourth-order valence-electron chi connectivity index (χ4n) is 4.47. The van der Waals surface area contributed by atoms with Crippen LogP contribution in [0.3, 0.4) is 0 Å². The molecule has 0 fully saturated rings. The number of carbonyl (C=O) groups is 1. The number of carbonyl (C=O) groups excluding carboxylic acids is 1. The van der Waals surface area contributed by atoms with Crippen LogP contribution in [0.5, 0.6) is 5.88 Å². The van der Waals surface area contributed by atoms with E-state index in [2.05, 4.69) is 52.8 Å². The number of para-hydroxylation sites is 1. The van der Waals surface area contributed by atoms with Gasteiger partial charge in [-0.2, -0.15) is 4.98 Å². The molecule has 0 aliphatic heterocycles. The summed E-state index contributed by atoms with van der Waals surface area (Å²) in [5, 5.41) is 0.793. The first-order chi connectivity index (χ1) is 19.5. The molecule has 6 nitrogen and oxygen atoms in total. The number of benzene rings is 4. The standard InChI is InChI=1S/C34H26N4O2/c1-22(2)24-16-14-23(15-17-24)9-8-20-40-34-27-12-6-7-13-28(27)35-33(38-34)32-36-29-19-18-26(21-30(29)37-32)31(39)25-10-4-3-5-11-25/h3-7,10-19,21-22H,20H2,1-2H3,(H,36,37). The summed E-state index contributed by atoms with van der Waals surface area (Å²) in [7, 11) is 0. The van der Waals surface area contributed by atoms with Crippen LogP contribution in [0, 0.1) is 11.8 Å². The molecule has 0 aliphatic carbocycles. The first-order valence-corrected chi connectivity index (χ1v) is 13.1. The zero-order valence-corrected chi connectivity index (χ0v) is 22.2. The van der Waals surface area contributed by atoms with Gasteiger partial charge in [0.25, 0.3) is 0 Å². The van der Waals surface area contributed by atoms with E-state index in [0.29, 0.717) is 40.1 Å². The quantitative estimate of drug-likeness (QED) is 0.189. The lowest BCUT2D eigenvalue weighted by Crippen LogP contribution is -2.01. The molecule has 0 saturated carbocycles. The van der Waals surface area contributed by atoms with Gasteiger partial charge in [-0.05, 0) is 53.9 Å². The molecular formula is C34H26N4O2. The summed E-state index contributed by atoms with van der Waals surface area (Å²) in [5.74, 6) is 8.00. The van der Waals surface area contributed by atoms with E-state index in [0.717, 1.165) is 22.0 Å². The predicted molar refractivity (Wildman–Crippen MR) is 157 cm³/mol. The minimum atomic E-state index is -0.0479. The third-order valence-electron chi connectivity index (χ3n) is 6.65. The zero-order valence-electron chi connectivity index (χ0n) is 22.2. The number of hydrogen-bond acceptors (Lipinski definition) is 5. The van der Waals surface area contributed by atoms with E-state index in [-0.39, 0.29) is 12.4 Å². The Morgan fingerprint density at radius 2 is 1.60 bits per heavy atom. The average molecular weight is 523 g/mol. The number of aromatic amines is 1. The van der Waals surface area contributed by atoms with E-state index in [1.165, 1.54) is 5.56 Å². The van der Waals surface area contributed by atoms with Gasteiger partial charge in [-0.1, -0.05) is 80.3 Å². The summed E-state index contributed by atoms with van der Waals surface area (Å²) in [6.45, 7) is 4.52. The maximum atomic E-state index is 12.9. The maximum absolute atomic E-state index is 12.9. The van der Waals surface area contributed by atoms with Crippen molar-refractivity contribution in [1.29, 1.82) is 0 Å². The molecule has 0 radical (unpaired) electrons. The lowest BCUT2D eigenvalue weighted by molar-refractivity contribution is 0.103. The van der Waals surface area contributed by atoms with E-state index in [4.69, 9.17) is 9.72 Å². The van der Waals surface area contributed by atoms with E-state index in [1.807, 2.05) is 78.9 Å². The summed E-state index contributed by atoms with van der Waals surface area (Å²) in [6, 6.07) is 30.6. The molecule has 0 aliphatic rings. The number of imidazole rings is 1. The smallest absolute Gasteiger partial charge is 0.226 e. The van der Waals surface area contributed by atoms with Crippen molar-refractivity contribution in [3.8, 4) is 29.4 Å². The molecule has 2 heterocycles. The van der Waals surface area contributed by atoms with Crippen molar-refractivity contribution in [3.05, 3.63) is 119 Å². The Balaban J connectivity index is 1.28. The van der Waals surface area contributed by atoms with Crippen molar-refractivity contribution in [1.82, 2.24) is 19.9 Å². The number of hydrogen-bond donors (Lipinski definition) is 1. The van der Waals surface area contributed by atoms with Crippen molar-refractivity contribution in [3.63, 3.8) is 0 Å². The second kappa shape index (κ2) is 10.8. The van der Waals surface area contributed by atoms with Gasteiger partial charge in [0.05, 0.1) is 21.9 Å². The predicted octanol–water partition coefficient (Wildman–Crippen LogP) is 6.96. The number of fused-ring (bicyclic) bond motifs is 2. The SMILES string of the molecule is CC(C)c1ccc(C#CCOc2nc(-c3nc4ccc(C(=O)c5ccccc5)cc4[nH]3)nc3ccccc23)cc1. The monoisotopic (exact) mass is 522 g/mol. The molecule has 0 unspecified atom stereocenters. The molecule has 6 heteroatoms. The van der Waals surface area contributed by atoms with Crippen molar-refractivity contribution in [2.45, 2.75) is 19.8 Å². The summed E-state index contributed by atoms with van der Waals surface area (Å²) >= 11 is 0. The summed E-state index contributed by atoms with van der Waals surface area (Å²) in [4.78, 5) is 30.3. The van der Waals surface area contributed by atoms with Crippen molar-refractivity contribution in [2.75, 3.05) is 6.61 Å². The van der Waals surface area contributed by atoms with Gasteiger partial charge < -0.3 is 9.72 Å². The van der Waals surface area contributed by atoms with Crippen LogP contribution in [0.2, 0.25) is 0 Å². The zero-order chi connectivity index (χ0) is 27.5. The summed E-state index contributed by atoms with van der Waals surface area (Å²) in [6.07, 6.45) is 0. The van der Waals surface area contributed by atoms with E-state index in [9.17, 15) is 4.79 Å². The molecule has 0 atom stereocenters. The number of rotatable bonds is 6. The Hall–Kier alpha value is -5.28. The van der Waals surface area contributed by atoms with Crippen molar-refractivity contribution >= 4 is 27.7 Å². The highest BCUT2D eigenvalue weighted by atomic mass is 16.5. The first-order valence-electron chi connectivity index (χ1n) is 13.1. The summed E-state index contributed by atoms with van der Waals surface area (Å²) < 4.78 is 6.03. The molecule has 4 aromatic carbocycles. The van der Waals surface area contributed by atoms with Gasteiger partial charge in [-0.25, -0.2) is 9.97 Å². The van der Waals surface area contributed by atoms with Crippen LogP contribution in [-0.4, -0.2) is 32.3 Å². The van der Waals surface area contributed by atoms with Crippen LogP contribution >= 0.6 is 0 Å². The topological polar surface area (TPSA) is 80.8 Å². The van der Waals surface area contributed by atoms with Gasteiger partial charge in [0.1, 0.15) is 0 Å². The number of nitrogens with one attached hydrogen (secondary N) is 1. The maximum Gasteiger partial charge on any atom is 0.226 e. The number of aromatic nitrogens is 4. The highest BCUT2D eigenvalue weighted by molar-refractivity contribution is 6.10. The number of H-pyrrole nitrogens is 1. The Morgan fingerprint density at radius 3 is 2.40 bits per heavy atom. The Morgan fingerprint density at radius 1 is 0.825 bits per heavy atom. The normalized spacial score (nSPS) is 11.0. The lowest BCUT2D eigenvalue weighted by atomic mass is 10.0. The van der Waals surface area contributed by atoms with Crippen LogP contribution in [-0.2, 0) is 0 Å². The fourth-order valence-corrected chi connectivity index (χ4v) is 4.47. The Labute approximate surface area is 232 Å². The van der Waals surface area contributed by atoms with Gasteiger partial charge >= 0.3 is 0 Å². The molecule has 0 spiro atoms. The van der Waals surface area contributed by atoms with Crippen LogP contribution < -0.4 is 4.74 Å². The third kappa shape index (κ3) is 5.18. The third-order valence-corrected chi connectivity index (χ3v) is 6.65. The van der Waals surface area contributed by atoms with Crippen LogP contribution in [0.15, 0.2) is 97.1 Å². The Kier molecular flexibility index (Phi) is 6.78. The molecule has 0 amide bonds. The fraction of sp³-hybridized carbons (Fsp3) is 0.118.